The molecule has 0 saturated carbocycles. The van der Waals surface area contributed by atoms with Crippen molar-refractivity contribution in [2.45, 2.75) is 36.8 Å². The van der Waals surface area contributed by atoms with Crippen LogP contribution in [0, 0.1) is 0 Å². The van der Waals surface area contributed by atoms with Crippen molar-refractivity contribution in [3.8, 4) is 0 Å². The highest BCUT2D eigenvalue weighted by atomic mass is 35.5. The molecule has 1 amide bonds. The summed E-state index contributed by atoms with van der Waals surface area (Å²) < 4.78 is 0. The maximum atomic E-state index is 12.8. The summed E-state index contributed by atoms with van der Waals surface area (Å²) in [6, 6.07) is 5.45. The standard InChI is InChI=1S/C18H20Cl2N4OS/c1-11(2)26-15-6-5-12(19)9-14(15)22-17(25)16-13(20)10-21-18(23-16)24-7-3-4-8-24/h5-6,9-11H,3-4,7-8H2,1-2H3,(H,22,25). The number of nitrogens with zero attached hydrogens (tertiary/aromatic N) is 3. The van der Waals surface area contributed by atoms with Crippen molar-refractivity contribution in [1.29, 1.82) is 0 Å². The van der Waals surface area contributed by atoms with E-state index in [2.05, 4.69) is 34.0 Å². The Bertz CT molecular complexity index is 810. The molecule has 1 aliphatic heterocycles. The summed E-state index contributed by atoms with van der Waals surface area (Å²) in [7, 11) is 0. The highest BCUT2D eigenvalue weighted by molar-refractivity contribution is 8.00. The molecule has 1 aromatic carbocycles. The lowest BCUT2D eigenvalue weighted by Gasteiger charge is -2.16. The monoisotopic (exact) mass is 410 g/mol. The number of carbonyl (C=O) groups is 1. The molecule has 0 bridgehead atoms. The van der Waals surface area contributed by atoms with E-state index in [0.717, 1.165) is 30.8 Å². The first kappa shape index (κ1) is 19.3. The van der Waals surface area contributed by atoms with Gasteiger partial charge in [0, 0.05) is 28.3 Å². The van der Waals surface area contributed by atoms with Gasteiger partial charge >= 0.3 is 0 Å². The number of amides is 1. The Morgan fingerprint density at radius 2 is 2.00 bits per heavy atom. The van der Waals surface area contributed by atoms with Gasteiger partial charge in [-0.15, -0.1) is 11.8 Å². The molecule has 0 unspecified atom stereocenters. The first-order valence-corrected chi connectivity index (χ1v) is 10.1. The molecule has 0 spiro atoms. The minimum absolute atomic E-state index is 0.170. The van der Waals surface area contributed by atoms with Crippen molar-refractivity contribution in [3.05, 3.63) is 40.1 Å². The van der Waals surface area contributed by atoms with Crippen LogP contribution in [0.15, 0.2) is 29.3 Å². The average molecular weight is 411 g/mol. The van der Waals surface area contributed by atoms with Crippen LogP contribution in [-0.2, 0) is 0 Å². The molecule has 1 aliphatic rings. The lowest BCUT2D eigenvalue weighted by Crippen LogP contribution is -2.23. The van der Waals surface area contributed by atoms with E-state index in [-0.39, 0.29) is 16.6 Å². The Morgan fingerprint density at radius 3 is 2.69 bits per heavy atom. The van der Waals surface area contributed by atoms with Crippen LogP contribution in [0.3, 0.4) is 0 Å². The minimum Gasteiger partial charge on any atom is -0.341 e. The van der Waals surface area contributed by atoms with E-state index in [4.69, 9.17) is 23.2 Å². The van der Waals surface area contributed by atoms with Crippen molar-refractivity contribution in [3.63, 3.8) is 0 Å². The fourth-order valence-electron chi connectivity index (χ4n) is 2.72. The maximum absolute atomic E-state index is 12.8. The van der Waals surface area contributed by atoms with Gasteiger partial charge in [-0.3, -0.25) is 4.79 Å². The molecule has 2 heterocycles. The molecule has 26 heavy (non-hydrogen) atoms. The molecule has 1 saturated heterocycles. The highest BCUT2D eigenvalue weighted by Gasteiger charge is 2.20. The van der Waals surface area contributed by atoms with Gasteiger partial charge in [-0.1, -0.05) is 37.0 Å². The fraction of sp³-hybridized carbons (Fsp3) is 0.389. The van der Waals surface area contributed by atoms with Gasteiger partial charge in [0.1, 0.15) is 0 Å². The van der Waals surface area contributed by atoms with Crippen molar-refractivity contribution in [1.82, 2.24) is 9.97 Å². The molecule has 1 aromatic heterocycles. The predicted molar refractivity (Wildman–Crippen MR) is 109 cm³/mol. The largest absolute Gasteiger partial charge is 0.341 e. The van der Waals surface area contributed by atoms with Crippen molar-refractivity contribution in [2.24, 2.45) is 0 Å². The molecular weight excluding hydrogens is 391 g/mol. The topological polar surface area (TPSA) is 58.1 Å². The van der Waals surface area contributed by atoms with E-state index in [1.807, 2.05) is 12.1 Å². The summed E-state index contributed by atoms with van der Waals surface area (Å²) in [4.78, 5) is 24.5. The van der Waals surface area contributed by atoms with Gasteiger partial charge in [0.2, 0.25) is 5.95 Å². The van der Waals surface area contributed by atoms with Gasteiger partial charge in [0.05, 0.1) is 16.9 Å². The van der Waals surface area contributed by atoms with E-state index >= 15 is 0 Å². The second-order valence-electron chi connectivity index (χ2n) is 6.32. The number of carbonyl (C=O) groups excluding carboxylic acids is 1. The second-order valence-corrected chi connectivity index (χ2v) is 8.78. The van der Waals surface area contributed by atoms with Crippen LogP contribution in [0.2, 0.25) is 10.0 Å². The van der Waals surface area contributed by atoms with E-state index in [1.165, 1.54) is 6.20 Å². The highest BCUT2D eigenvalue weighted by Crippen LogP contribution is 2.33. The number of halogens is 2. The van der Waals surface area contributed by atoms with Crippen LogP contribution in [-0.4, -0.2) is 34.2 Å². The summed E-state index contributed by atoms with van der Waals surface area (Å²) >= 11 is 13.9. The molecular formula is C18H20Cl2N4OS. The molecule has 1 N–H and O–H groups in total. The zero-order valence-electron chi connectivity index (χ0n) is 14.6. The quantitative estimate of drug-likeness (QED) is 0.691. The number of hydrogen-bond acceptors (Lipinski definition) is 5. The number of nitrogens with one attached hydrogen (secondary N) is 1. The number of rotatable bonds is 5. The van der Waals surface area contributed by atoms with Crippen molar-refractivity contribution < 1.29 is 4.79 Å². The van der Waals surface area contributed by atoms with E-state index in [1.54, 1.807) is 17.8 Å². The van der Waals surface area contributed by atoms with Crippen LogP contribution in [0.4, 0.5) is 11.6 Å². The predicted octanol–water partition coefficient (Wildman–Crippen LogP) is 5.14. The lowest BCUT2D eigenvalue weighted by molar-refractivity contribution is 0.102. The normalized spacial score (nSPS) is 14.1. The van der Waals surface area contributed by atoms with Crippen LogP contribution in [0.25, 0.3) is 0 Å². The summed E-state index contributed by atoms with van der Waals surface area (Å²) in [5.41, 5.74) is 0.822. The van der Waals surface area contributed by atoms with Crippen LogP contribution >= 0.6 is 35.0 Å². The van der Waals surface area contributed by atoms with Crippen molar-refractivity contribution in [2.75, 3.05) is 23.3 Å². The first-order valence-electron chi connectivity index (χ1n) is 8.49. The number of thioether (sulfide) groups is 1. The van der Waals surface area contributed by atoms with Crippen LogP contribution in [0.1, 0.15) is 37.2 Å². The Balaban J connectivity index is 1.86. The van der Waals surface area contributed by atoms with E-state index < -0.39 is 0 Å². The zero-order chi connectivity index (χ0) is 18.7. The minimum atomic E-state index is -0.370. The first-order chi connectivity index (χ1) is 12.4. The molecule has 8 heteroatoms. The lowest BCUT2D eigenvalue weighted by atomic mass is 10.3. The van der Waals surface area contributed by atoms with Gasteiger partial charge in [-0.2, -0.15) is 0 Å². The third-order valence-corrected chi connectivity index (χ3v) is 5.48. The summed E-state index contributed by atoms with van der Waals surface area (Å²) in [5, 5.41) is 4.05. The van der Waals surface area contributed by atoms with Gasteiger partial charge in [0.25, 0.3) is 5.91 Å². The Kier molecular flexibility index (Phi) is 6.27. The van der Waals surface area contributed by atoms with Gasteiger partial charge in [0.15, 0.2) is 5.69 Å². The Hall–Kier alpha value is -1.50. The molecule has 5 nitrogen and oxygen atoms in total. The van der Waals surface area contributed by atoms with Gasteiger partial charge < -0.3 is 10.2 Å². The number of aromatic nitrogens is 2. The third kappa shape index (κ3) is 4.61. The number of benzene rings is 1. The van der Waals surface area contributed by atoms with E-state index in [0.29, 0.717) is 21.9 Å². The van der Waals surface area contributed by atoms with Gasteiger partial charge in [-0.25, -0.2) is 9.97 Å². The Labute approximate surface area is 167 Å². The average Bonchev–Trinajstić information content (AvgIpc) is 3.12. The number of anilines is 2. The third-order valence-electron chi connectivity index (χ3n) is 3.89. The van der Waals surface area contributed by atoms with Crippen LogP contribution in [0.5, 0.6) is 0 Å². The molecule has 2 aromatic rings. The summed E-state index contributed by atoms with van der Waals surface area (Å²) in [6.07, 6.45) is 3.69. The number of hydrogen-bond donors (Lipinski definition) is 1. The zero-order valence-corrected chi connectivity index (χ0v) is 17.0. The molecule has 3 rings (SSSR count). The van der Waals surface area contributed by atoms with Crippen LogP contribution < -0.4 is 10.2 Å². The molecule has 1 fully saturated rings. The molecule has 0 radical (unpaired) electrons. The molecule has 0 aliphatic carbocycles. The SMILES string of the molecule is CC(C)Sc1ccc(Cl)cc1NC(=O)c1nc(N2CCCC2)ncc1Cl. The second kappa shape index (κ2) is 8.46. The van der Waals surface area contributed by atoms with E-state index in [9.17, 15) is 4.79 Å². The molecule has 138 valence electrons. The maximum Gasteiger partial charge on any atom is 0.276 e. The Morgan fingerprint density at radius 1 is 1.27 bits per heavy atom. The summed E-state index contributed by atoms with van der Waals surface area (Å²) in [5.74, 6) is 0.172. The smallest absolute Gasteiger partial charge is 0.276 e. The fourth-order valence-corrected chi connectivity index (χ4v) is 3.97. The van der Waals surface area contributed by atoms with Crippen molar-refractivity contribution >= 4 is 52.5 Å². The summed E-state index contributed by atoms with van der Waals surface area (Å²) in [6.45, 7) is 5.97. The van der Waals surface area contributed by atoms with Gasteiger partial charge in [-0.05, 0) is 31.0 Å². The molecule has 0 atom stereocenters.